The molecule has 0 aliphatic rings. The molecule has 3 aromatic carbocycles. The number of fused-ring (bicyclic) bond motifs is 1. The van der Waals surface area contributed by atoms with Crippen LogP contribution in [0.3, 0.4) is 0 Å². The lowest BCUT2D eigenvalue weighted by Gasteiger charge is -2.23. The maximum Gasteiger partial charge on any atom is 0.255 e. The molecule has 0 saturated carbocycles. The lowest BCUT2D eigenvalue weighted by molar-refractivity contribution is 0.0868. The molecule has 0 bridgehead atoms. The van der Waals surface area contributed by atoms with Crippen LogP contribution in [0, 0.1) is 17.3 Å². The van der Waals surface area contributed by atoms with Gasteiger partial charge < -0.3 is 20.2 Å². The molecule has 3 N–H and O–H groups in total. The van der Waals surface area contributed by atoms with Crippen molar-refractivity contribution >= 4 is 28.5 Å². The molecule has 0 fully saturated rings. The number of nitrogens with zero attached hydrogens (tertiary/aromatic N) is 2. The highest BCUT2D eigenvalue weighted by atomic mass is 19.1. The summed E-state index contributed by atoms with van der Waals surface area (Å²) in [5.41, 5.74) is 2.50. The van der Waals surface area contributed by atoms with Crippen molar-refractivity contribution in [1.82, 2.24) is 10.6 Å². The number of hydrogen-bond donors (Lipinski definition) is 3. The van der Waals surface area contributed by atoms with E-state index in [-0.39, 0.29) is 23.8 Å². The van der Waals surface area contributed by atoms with Crippen molar-refractivity contribution in [3.05, 3.63) is 77.6 Å². The summed E-state index contributed by atoms with van der Waals surface area (Å²) in [5.74, 6) is -0.899. The third-order valence-corrected chi connectivity index (χ3v) is 6.38. The fourth-order valence-corrected chi connectivity index (χ4v) is 4.28. The largest absolute Gasteiger partial charge is 0.455 e. The standard InChI is InChI=1S/C30H29FN4O4/c1-5-35(17-32)24-15-25-23(26(29(38)33-4)27(39-25)18-9-11-21(31)12-10-18)14-22(24)19-7-6-8-20(13-19)28(37)34-30(2,3)16-36/h6-15,36H,5,16H2,1-4H3,(H,33,38)(H,34,37). The molecule has 0 aliphatic carbocycles. The molecule has 39 heavy (non-hydrogen) atoms. The van der Waals surface area contributed by atoms with Crippen LogP contribution < -0.4 is 15.5 Å². The van der Waals surface area contributed by atoms with Crippen molar-refractivity contribution in [2.45, 2.75) is 26.3 Å². The van der Waals surface area contributed by atoms with Gasteiger partial charge in [-0.2, -0.15) is 5.26 Å². The van der Waals surface area contributed by atoms with Crippen LogP contribution in [0.15, 0.2) is 65.1 Å². The number of hydrogen-bond acceptors (Lipinski definition) is 6. The van der Waals surface area contributed by atoms with Crippen molar-refractivity contribution < 1.29 is 23.5 Å². The third kappa shape index (κ3) is 5.47. The quantitative estimate of drug-likeness (QED) is 0.217. The summed E-state index contributed by atoms with van der Waals surface area (Å²) in [6.45, 7) is 5.40. The Balaban J connectivity index is 1.96. The molecule has 1 aromatic heterocycles. The summed E-state index contributed by atoms with van der Waals surface area (Å²) < 4.78 is 19.7. The van der Waals surface area contributed by atoms with Gasteiger partial charge in [0.2, 0.25) is 0 Å². The van der Waals surface area contributed by atoms with E-state index < -0.39 is 17.3 Å². The van der Waals surface area contributed by atoms with Crippen molar-refractivity contribution in [2.24, 2.45) is 0 Å². The van der Waals surface area contributed by atoms with Gasteiger partial charge >= 0.3 is 0 Å². The van der Waals surface area contributed by atoms with Crippen molar-refractivity contribution in [1.29, 1.82) is 5.26 Å². The number of carbonyl (C=O) groups is 2. The molecule has 4 rings (SSSR count). The van der Waals surface area contributed by atoms with Gasteiger partial charge in [0.05, 0.1) is 23.4 Å². The number of aliphatic hydroxyl groups excluding tert-OH is 1. The molecular weight excluding hydrogens is 499 g/mol. The molecule has 0 aliphatic heterocycles. The second-order valence-corrected chi connectivity index (χ2v) is 9.68. The van der Waals surface area contributed by atoms with Gasteiger partial charge in [-0.3, -0.25) is 14.5 Å². The van der Waals surface area contributed by atoms with Gasteiger partial charge in [0.1, 0.15) is 17.2 Å². The highest BCUT2D eigenvalue weighted by Crippen LogP contribution is 2.41. The Bertz CT molecular complexity index is 1590. The fourth-order valence-electron chi connectivity index (χ4n) is 4.28. The van der Waals surface area contributed by atoms with Gasteiger partial charge in [-0.05, 0) is 68.8 Å². The average Bonchev–Trinajstić information content (AvgIpc) is 3.31. The Hall–Kier alpha value is -4.68. The number of nitriles is 1. The Morgan fingerprint density at radius 2 is 1.79 bits per heavy atom. The molecule has 2 amide bonds. The van der Waals surface area contributed by atoms with E-state index in [2.05, 4.69) is 16.8 Å². The Morgan fingerprint density at radius 1 is 1.08 bits per heavy atom. The van der Waals surface area contributed by atoms with Gasteiger partial charge in [0.25, 0.3) is 11.8 Å². The van der Waals surface area contributed by atoms with Crippen LogP contribution in [0.2, 0.25) is 0 Å². The first-order chi connectivity index (χ1) is 18.6. The lowest BCUT2D eigenvalue weighted by atomic mass is 9.96. The number of benzene rings is 3. The number of nitrogens with one attached hydrogen (secondary N) is 2. The van der Waals surface area contributed by atoms with Crippen LogP contribution in [0.5, 0.6) is 0 Å². The van der Waals surface area contributed by atoms with Crippen LogP contribution in [-0.4, -0.2) is 42.7 Å². The topological polar surface area (TPSA) is 119 Å². The number of aliphatic hydroxyl groups is 1. The summed E-state index contributed by atoms with van der Waals surface area (Å²) in [7, 11) is 1.51. The van der Waals surface area contributed by atoms with Crippen molar-refractivity contribution in [3.8, 4) is 28.6 Å². The normalized spacial score (nSPS) is 11.2. The summed E-state index contributed by atoms with van der Waals surface area (Å²) >= 11 is 0. The highest BCUT2D eigenvalue weighted by Gasteiger charge is 2.25. The van der Waals surface area contributed by atoms with E-state index in [1.165, 1.54) is 36.2 Å². The molecule has 200 valence electrons. The fraction of sp³-hybridized carbons (Fsp3) is 0.233. The molecule has 0 radical (unpaired) electrons. The Morgan fingerprint density at radius 3 is 2.41 bits per heavy atom. The average molecular weight is 529 g/mol. The van der Waals surface area contributed by atoms with Crippen LogP contribution in [0.25, 0.3) is 33.4 Å². The number of furan rings is 1. The van der Waals surface area contributed by atoms with Crippen LogP contribution in [-0.2, 0) is 0 Å². The van der Waals surface area contributed by atoms with E-state index in [1.54, 1.807) is 44.2 Å². The first-order valence-corrected chi connectivity index (χ1v) is 12.4. The summed E-state index contributed by atoms with van der Waals surface area (Å²) in [6, 6.07) is 16.0. The van der Waals surface area contributed by atoms with Crippen LogP contribution >= 0.6 is 0 Å². The monoisotopic (exact) mass is 528 g/mol. The second-order valence-electron chi connectivity index (χ2n) is 9.68. The summed E-state index contributed by atoms with van der Waals surface area (Å²) in [5, 5.41) is 25.4. The van der Waals surface area contributed by atoms with E-state index in [0.717, 1.165) is 0 Å². The first-order valence-electron chi connectivity index (χ1n) is 12.4. The van der Waals surface area contributed by atoms with E-state index in [4.69, 9.17) is 4.42 Å². The van der Waals surface area contributed by atoms with Crippen LogP contribution in [0.4, 0.5) is 10.1 Å². The smallest absolute Gasteiger partial charge is 0.255 e. The maximum absolute atomic E-state index is 13.6. The molecular formula is C30H29FN4O4. The van der Waals surface area contributed by atoms with Gasteiger partial charge in [-0.15, -0.1) is 0 Å². The number of anilines is 1. The molecule has 8 nitrogen and oxygen atoms in total. The number of amides is 2. The zero-order chi connectivity index (χ0) is 28.3. The molecule has 9 heteroatoms. The first kappa shape index (κ1) is 27.4. The van der Waals surface area contributed by atoms with Gasteiger partial charge in [0.15, 0.2) is 6.19 Å². The van der Waals surface area contributed by atoms with Gasteiger partial charge in [0, 0.05) is 41.7 Å². The minimum absolute atomic E-state index is 0.230. The molecule has 1 heterocycles. The van der Waals surface area contributed by atoms with Gasteiger partial charge in [-0.25, -0.2) is 4.39 Å². The predicted octanol–water partition coefficient (Wildman–Crippen LogP) is 5.07. The van der Waals surface area contributed by atoms with Crippen LogP contribution in [0.1, 0.15) is 41.5 Å². The Labute approximate surface area is 225 Å². The van der Waals surface area contributed by atoms with Crippen molar-refractivity contribution in [2.75, 3.05) is 25.1 Å². The van der Waals surface area contributed by atoms with Gasteiger partial charge in [-0.1, -0.05) is 12.1 Å². The SMILES string of the molecule is CCN(C#N)c1cc2oc(-c3ccc(F)cc3)c(C(=O)NC)c2cc1-c1cccc(C(=O)NC(C)(C)CO)c1. The molecule has 0 atom stereocenters. The molecule has 0 spiro atoms. The van der Waals surface area contributed by atoms with E-state index in [0.29, 0.717) is 45.5 Å². The van der Waals surface area contributed by atoms with E-state index >= 15 is 0 Å². The molecule has 0 unspecified atom stereocenters. The van der Waals surface area contributed by atoms with Crippen molar-refractivity contribution in [3.63, 3.8) is 0 Å². The summed E-state index contributed by atoms with van der Waals surface area (Å²) in [6.07, 6.45) is 2.18. The van der Waals surface area contributed by atoms with E-state index in [9.17, 15) is 24.3 Å². The zero-order valence-electron chi connectivity index (χ0n) is 22.1. The third-order valence-electron chi connectivity index (χ3n) is 6.38. The summed E-state index contributed by atoms with van der Waals surface area (Å²) in [4.78, 5) is 27.5. The predicted molar refractivity (Wildman–Crippen MR) is 148 cm³/mol. The maximum atomic E-state index is 13.6. The minimum atomic E-state index is -0.813. The minimum Gasteiger partial charge on any atom is -0.455 e. The number of rotatable bonds is 8. The van der Waals surface area contributed by atoms with E-state index in [1.807, 2.05) is 13.0 Å². The molecule has 4 aromatic rings. The second kappa shape index (κ2) is 11.0. The number of halogens is 1. The Kier molecular flexibility index (Phi) is 7.70. The number of carbonyl (C=O) groups excluding carboxylic acids is 2. The highest BCUT2D eigenvalue weighted by molar-refractivity contribution is 6.13. The zero-order valence-corrected chi connectivity index (χ0v) is 22.1. The molecule has 0 saturated heterocycles. The lowest BCUT2D eigenvalue weighted by Crippen LogP contribution is -2.46.